The molecule has 2 N–H and O–H groups in total. The van der Waals surface area contributed by atoms with Crippen molar-refractivity contribution < 1.29 is 19.8 Å². The molecule has 5 nitrogen and oxygen atoms in total. The molecule has 2 aromatic carbocycles. The molecule has 1 amide bonds. The van der Waals surface area contributed by atoms with Crippen molar-refractivity contribution >= 4 is 46.3 Å². The van der Waals surface area contributed by atoms with Crippen LogP contribution < -0.4 is 0 Å². The van der Waals surface area contributed by atoms with Gasteiger partial charge in [0.15, 0.2) is 0 Å². The molecule has 1 aliphatic rings. The third kappa shape index (κ3) is 3.79. The number of phenolic OH excluding ortho intramolecular Hbond substituents is 1. The summed E-state index contributed by atoms with van der Waals surface area (Å²) in [5, 5.41) is 19.5. The zero-order valence-electron chi connectivity index (χ0n) is 13.5. The van der Waals surface area contributed by atoms with E-state index in [9.17, 15) is 19.8 Å². The number of aliphatic carboxylic acids is 1. The predicted molar refractivity (Wildman–Crippen MR) is 105 cm³/mol. The van der Waals surface area contributed by atoms with Crippen LogP contribution in [0.4, 0.5) is 0 Å². The zero-order chi connectivity index (χ0) is 18.7. The average molecular weight is 385 g/mol. The number of hydrogen-bond acceptors (Lipinski definition) is 5. The molecule has 1 unspecified atom stereocenters. The maximum atomic E-state index is 12.8. The minimum Gasteiger partial charge on any atom is -0.507 e. The number of aromatic hydroxyl groups is 1. The van der Waals surface area contributed by atoms with Gasteiger partial charge in [0.25, 0.3) is 5.91 Å². The van der Waals surface area contributed by atoms with E-state index in [4.69, 9.17) is 12.2 Å². The molecule has 0 aromatic heterocycles. The molecule has 132 valence electrons. The van der Waals surface area contributed by atoms with E-state index in [0.29, 0.717) is 5.56 Å². The van der Waals surface area contributed by atoms with Crippen molar-refractivity contribution in [3.05, 3.63) is 70.6 Å². The minimum absolute atomic E-state index is 0.0387. The van der Waals surface area contributed by atoms with Gasteiger partial charge in [-0.25, -0.2) is 4.79 Å². The number of para-hydroxylation sites is 1. The Bertz CT molecular complexity index is 895. The SMILES string of the molecule is O=C(O)C(Cc1ccccc1)N1C(=O)/C(=C/c2ccccc2O)SC1=S. The number of carbonyl (C=O) groups is 2. The Balaban J connectivity index is 1.89. The first kappa shape index (κ1) is 18.2. The number of hydrogen-bond donors (Lipinski definition) is 2. The van der Waals surface area contributed by atoms with Crippen LogP contribution in [-0.4, -0.2) is 37.4 Å². The van der Waals surface area contributed by atoms with Crippen LogP contribution in [0, 0.1) is 0 Å². The monoisotopic (exact) mass is 385 g/mol. The number of benzene rings is 2. The second-order valence-electron chi connectivity index (χ2n) is 5.65. The van der Waals surface area contributed by atoms with Gasteiger partial charge in [-0.3, -0.25) is 9.69 Å². The average Bonchev–Trinajstić information content (AvgIpc) is 2.89. The lowest BCUT2D eigenvalue weighted by atomic mass is 10.0. The lowest BCUT2D eigenvalue weighted by Gasteiger charge is -2.23. The highest BCUT2D eigenvalue weighted by molar-refractivity contribution is 8.26. The molecule has 1 atom stereocenters. The zero-order valence-corrected chi connectivity index (χ0v) is 15.2. The summed E-state index contributed by atoms with van der Waals surface area (Å²) in [4.78, 5) is 26.0. The summed E-state index contributed by atoms with van der Waals surface area (Å²) in [6.45, 7) is 0. The number of thioether (sulfide) groups is 1. The summed E-state index contributed by atoms with van der Waals surface area (Å²) in [6, 6.07) is 14.6. The van der Waals surface area contributed by atoms with E-state index >= 15 is 0 Å². The summed E-state index contributed by atoms with van der Waals surface area (Å²) >= 11 is 6.29. The maximum Gasteiger partial charge on any atom is 0.327 e. The van der Waals surface area contributed by atoms with Crippen LogP contribution in [0.25, 0.3) is 6.08 Å². The lowest BCUT2D eigenvalue weighted by molar-refractivity contribution is -0.145. The summed E-state index contributed by atoms with van der Waals surface area (Å²) in [7, 11) is 0. The number of nitrogens with zero attached hydrogens (tertiary/aromatic N) is 1. The fraction of sp³-hybridized carbons (Fsp3) is 0.105. The molecule has 2 aromatic rings. The Morgan fingerprint density at radius 3 is 2.46 bits per heavy atom. The first-order valence-corrected chi connectivity index (χ1v) is 9.01. The van der Waals surface area contributed by atoms with Gasteiger partial charge in [0, 0.05) is 12.0 Å². The van der Waals surface area contributed by atoms with E-state index in [0.717, 1.165) is 22.2 Å². The quantitative estimate of drug-likeness (QED) is 0.607. The molecule has 0 aliphatic carbocycles. The van der Waals surface area contributed by atoms with Crippen LogP contribution in [0.15, 0.2) is 59.5 Å². The second-order valence-corrected chi connectivity index (χ2v) is 7.33. The largest absolute Gasteiger partial charge is 0.507 e. The van der Waals surface area contributed by atoms with Gasteiger partial charge >= 0.3 is 5.97 Å². The van der Waals surface area contributed by atoms with Crippen molar-refractivity contribution in [3.63, 3.8) is 0 Å². The molecule has 0 saturated carbocycles. The van der Waals surface area contributed by atoms with Gasteiger partial charge in [0.1, 0.15) is 16.1 Å². The van der Waals surface area contributed by atoms with Crippen LogP contribution in [0.1, 0.15) is 11.1 Å². The Morgan fingerprint density at radius 1 is 1.15 bits per heavy atom. The third-order valence-corrected chi connectivity index (χ3v) is 5.25. The number of phenols is 1. The molecule has 1 heterocycles. The highest BCUT2D eigenvalue weighted by atomic mass is 32.2. The lowest BCUT2D eigenvalue weighted by Crippen LogP contribution is -2.45. The van der Waals surface area contributed by atoms with Crippen molar-refractivity contribution in [2.75, 3.05) is 0 Å². The first-order valence-electron chi connectivity index (χ1n) is 7.79. The summed E-state index contributed by atoms with van der Waals surface area (Å²) in [5.41, 5.74) is 1.28. The van der Waals surface area contributed by atoms with E-state index in [-0.39, 0.29) is 21.4 Å². The molecule has 0 radical (unpaired) electrons. The number of thiocarbonyl (C=S) groups is 1. The van der Waals surface area contributed by atoms with Crippen molar-refractivity contribution in [1.82, 2.24) is 4.90 Å². The molecular formula is C19H15NO4S2. The molecule has 26 heavy (non-hydrogen) atoms. The van der Waals surface area contributed by atoms with Crippen molar-refractivity contribution in [2.24, 2.45) is 0 Å². The normalized spacial score (nSPS) is 16.9. The summed E-state index contributed by atoms with van der Waals surface area (Å²) in [6.07, 6.45) is 1.68. The topological polar surface area (TPSA) is 77.8 Å². The van der Waals surface area contributed by atoms with E-state index in [1.54, 1.807) is 18.2 Å². The summed E-state index contributed by atoms with van der Waals surface area (Å²) in [5.74, 6) is -1.54. The molecule has 0 bridgehead atoms. The summed E-state index contributed by atoms with van der Waals surface area (Å²) < 4.78 is 0.194. The predicted octanol–water partition coefficient (Wildman–Crippen LogP) is 3.29. The van der Waals surface area contributed by atoms with E-state index in [1.807, 2.05) is 30.3 Å². The van der Waals surface area contributed by atoms with Crippen LogP contribution in [0.2, 0.25) is 0 Å². The standard InChI is InChI=1S/C19H15NO4S2/c21-15-9-5-4-8-13(15)11-16-17(22)20(19(25)26-16)14(18(23)24)10-12-6-2-1-3-7-12/h1-9,11,14,21H,10H2,(H,23,24)/b16-11-. The van der Waals surface area contributed by atoms with Crippen LogP contribution in [0.5, 0.6) is 5.75 Å². The Hall–Kier alpha value is -2.64. The van der Waals surface area contributed by atoms with Gasteiger partial charge in [-0.1, -0.05) is 72.5 Å². The van der Waals surface area contributed by atoms with Gasteiger partial charge in [0.05, 0.1) is 4.91 Å². The van der Waals surface area contributed by atoms with Gasteiger partial charge in [-0.15, -0.1) is 0 Å². The van der Waals surface area contributed by atoms with Gasteiger partial charge in [-0.2, -0.15) is 0 Å². The molecule has 0 spiro atoms. The Morgan fingerprint density at radius 2 is 1.81 bits per heavy atom. The second kappa shape index (κ2) is 7.72. The Labute approximate surface area is 160 Å². The Kier molecular flexibility index (Phi) is 5.39. The first-order chi connectivity index (χ1) is 12.5. The highest BCUT2D eigenvalue weighted by Gasteiger charge is 2.40. The fourth-order valence-electron chi connectivity index (χ4n) is 2.63. The van der Waals surface area contributed by atoms with E-state index < -0.39 is 17.9 Å². The molecular weight excluding hydrogens is 370 g/mol. The number of carboxylic acid groups (broad SMARTS) is 1. The van der Waals surface area contributed by atoms with Crippen molar-refractivity contribution in [3.8, 4) is 5.75 Å². The third-order valence-electron chi connectivity index (χ3n) is 3.92. The molecule has 7 heteroatoms. The van der Waals surface area contributed by atoms with Crippen LogP contribution in [-0.2, 0) is 16.0 Å². The van der Waals surface area contributed by atoms with Gasteiger partial charge in [0.2, 0.25) is 0 Å². The van der Waals surface area contributed by atoms with Gasteiger partial charge < -0.3 is 10.2 Å². The van der Waals surface area contributed by atoms with Crippen LogP contribution in [0.3, 0.4) is 0 Å². The van der Waals surface area contributed by atoms with E-state index in [1.165, 1.54) is 12.1 Å². The molecule has 1 fully saturated rings. The van der Waals surface area contributed by atoms with Crippen LogP contribution >= 0.6 is 24.0 Å². The molecule has 1 saturated heterocycles. The van der Waals surface area contributed by atoms with E-state index in [2.05, 4.69) is 0 Å². The van der Waals surface area contributed by atoms with Gasteiger partial charge in [-0.05, 0) is 17.7 Å². The number of amides is 1. The molecule has 1 aliphatic heterocycles. The number of rotatable bonds is 5. The minimum atomic E-state index is -1.12. The number of carbonyl (C=O) groups excluding carboxylic acids is 1. The maximum absolute atomic E-state index is 12.8. The number of carboxylic acids is 1. The smallest absolute Gasteiger partial charge is 0.327 e. The molecule has 3 rings (SSSR count). The highest BCUT2D eigenvalue weighted by Crippen LogP contribution is 2.35. The van der Waals surface area contributed by atoms with Crippen molar-refractivity contribution in [1.29, 1.82) is 0 Å². The fourth-order valence-corrected chi connectivity index (χ4v) is 3.97. The van der Waals surface area contributed by atoms with Crippen molar-refractivity contribution in [2.45, 2.75) is 12.5 Å².